The van der Waals surface area contributed by atoms with Crippen molar-refractivity contribution in [1.29, 1.82) is 0 Å². The van der Waals surface area contributed by atoms with Crippen molar-refractivity contribution >= 4 is 34.4 Å². The van der Waals surface area contributed by atoms with Crippen molar-refractivity contribution in [1.82, 2.24) is 9.97 Å². The van der Waals surface area contributed by atoms with Crippen LogP contribution < -0.4 is 10.6 Å². The van der Waals surface area contributed by atoms with Gasteiger partial charge in [0.25, 0.3) is 5.69 Å². The van der Waals surface area contributed by atoms with Crippen LogP contribution in [0.15, 0.2) is 48.5 Å². The quantitative estimate of drug-likeness (QED) is 0.509. The van der Waals surface area contributed by atoms with Crippen LogP contribution in [-0.4, -0.2) is 20.9 Å². The van der Waals surface area contributed by atoms with Gasteiger partial charge in [-0.1, -0.05) is 18.2 Å². The largest absolute Gasteiger partial charge is 0.326 e. The number of benzene rings is 2. The lowest BCUT2D eigenvalue weighted by Gasteiger charge is -2.04. The number of H-pyrrole nitrogens is 1. The number of non-ortho nitro benzene ring substituents is 1. The molecule has 0 fully saturated rings. The van der Waals surface area contributed by atoms with E-state index in [4.69, 9.17) is 0 Å². The summed E-state index contributed by atoms with van der Waals surface area (Å²) in [5, 5.41) is 15.9. The van der Waals surface area contributed by atoms with Crippen LogP contribution in [-0.2, 0) is 0 Å². The number of urea groups is 1. The molecule has 8 heteroatoms. The fraction of sp³-hybridized carbons (Fsp3) is 0. The lowest BCUT2D eigenvalue weighted by molar-refractivity contribution is -0.384. The molecule has 0 saturated carbocycles. The minimum Gasteiger partial charge on any atom is -0.324 e. The highest BCUT2D eigenvalue weighted by Gasteiger charge is 2.11. The van der Waals surface area contributed by atoms with Gasteiger partial charge in [0.2, 0.25) is 5.95 Å². The number of nitro groups is 1. The zero-order valence-corrected chi connectivity index (χ0v) is 11.2. The van der Waals surface area contributed by atoms with E-state index < -0.39 is 11.0 Å². The van der Waals surface area contributed by atoms with Gasteiger partial charge in [0.15, 0.2) is 0 Å². The molecule has 8 nitrogen and oxygen atoms in total. The number of carbonyl (C=O) groups excluding carboxylic acids is 1. The van der Waals surface area contributed by atoms with Crippen LogP contribution in [0, 0.1) is 10.1 Å². The van der Waals surface area contributed by atoms with Crippen LogP contribution in [0.25, 0.3) is 11.0 Å². The van der Waals surface area contributed by atoms with E-state index in [2.05, 4.69) is 20.6 Å². The molecule has 3 N–H and O–H groups in total. The third-order valence-corrected chi connectivity index (χ3v) is 2.94. The third-order valence-electron chi connectivity index (χ3n) is 2.94. The number of anilines is 2. The van der Waals surface area contributed by atoms with E-state index in [1.54, 1.807) is 24.3 Å². The number of imidazole rings is 1. The summed E-state index contributed by atoms with van der Waals surface area (Å²) < 4.78 is 0. The average Bonchev–Trinajstić information content (AvgIpc) is 2.89. The molecule has 0 radical (unpaired) electrons. The third kappa shape index (κ3) is 2.85. The first-order chi connectivity index (χ1) is 10.6. The molecule has 3 rings (SSSR count). The second-order valence-corrected chi connectivity index (χ2v) is 4.49. The number of aromatic amines is 1. The molecule has 1 aromatic heterocycles. The number of rotatable bonds is 3. The van der Waals surface area contributed by atoms with Crippen LogP contribution >= 0.6 is 0 Å². The maximum atomic E-state index is 11.8. The predicted octanol–water partition coefficient (Wildman–Crippen LogP) is 3.12. The topological polar surface area (TPSA) is 113 Å². The smallest absolute Gasteiger partial charge is 0.324 e. The molecular weight excluding hydrogens is 286 g/mol. The number of hydrogen-bond acceptors (Lipinski definition) is 4. The standard InChI is InChI=1S/C14H11N5O3/c20-14(15-9-4-2-1-3-5-9)18-13-16-11-7-6-10(19(21)22)8-12(11)17-13/h1-8H,(H3,15,16,17,18,20). The number of para-hydroxylation sites is 1. The van der Waals surface area contributed by atoms with E-state index in [0.29, 0.717) is 16.7 Å². The summed E-state index contributed by atoms with van der Waals surface area (Å²) in [5.41, 5.74) is 1.60. The summed E-state index contributed by atoms with van der Waals surface area (Å²) in [6.45, 7) is 0. The maximum absolute atomic E-state index is 11.8. The van der Waals surface area contributed by atoms with Gasteiger partial charge in [0.05, 0.1) is 16.0 Å². The Hall–Kier alpha value is -3.42. The minimum atomic E-state index is -0.491. The second kappa shape index (κ2) is 5.52. The second-order valence-electron chi connectivity index (χ2n) is 4.49. The first-order valence-electron chi connectivity index (χ1n) is 6.39. The molecule has 0 aliphatic rings. The first-order valence-corrected chi connectivity index (χ1v) is 6.39. The highest BCUT2D eigenvalue weighted by Crippen LogP contribution is 2.20. The lowest BCUT2D eigenvalue weighted by atomic mass is 10.3. The molecule has 2 aromatic carbocycles. The van der Waals surface area contributed by atoms with Gasteiger partial charge in [0.1, 0.15) is 0 Å². The van der Waals surface area contributed by atoms with Gasteiger partial charge in [-0.2, -0.15) is 0 Å². The molecule has 0 aliphatic carbocycles. The molecular formula is C14H11N5O3. The summed E-state index contributed by atoms with van der Waals surface area (Å²) in [6.07, 6.45) is 0. The number of nitrogens with zero attached hydrogens (tertiary/aromatic N) is 2. The number of amides is 2. The zero-order chi connectivity index (χ0) is 15.5. The molecule has 0 spiro atoms. The van der Waals surface area contributed by atoms with E-state index in [-0.39, 0.29) is 11.6 Å². The summed E-state index contributed by atoms with van der Waals surface area (Å²) in [4.78, 5) is 29.0. The molecule has 22 heavy (non-hydrogen) atoms. The van der Waals surface area contributed by atoms with Crippen molar-refractivity contribution in [2.75, 3.05) is 10.6 Å². The lowest BCUT2D eigenvalue weighted by Crippen LogP contribution is -2.20. The van der Waals surface area contributed by atoms with Gasteiger partial charge < -0.3 is 10.3 Å². The van der Waals surface area contributed by atoms with Crippen LogP contribution in [0.5, 0.6) is 0 Å². The summed E-state index contributed by atoms with van der Waals surface area (Å²) in [6, 6.07) is 12.7. The number of aromatic nitrogens is 2. The predicted molar refractivity (Wildman–Crippen MR) is 81.8 cm³/mol. The number of nitrogens with one attached hydrogen (secondary N) is 3. The number of hydrogen-bond donors (Lipinski definition) is 3. The van der Waals surface area contributed by atoms with Gasteiger partial charge in [-0.3, -0.25) is 15.4 Å². The zero-order valence-electron chi connectivity index (χ0n) is 11.2. The molecule has 110 valence electrons. The Balaban J connectivity index is 1.76. The van der Waals surface area contributed by atoms with Gasteiger partial charge in [-0.15, -0.1) is 0 Å². The molecule has 0 unspecified atom stereocenters. The SMILES string of the molecule is O=C(Nc1ccccc1)Nc1nc2ccc([N+](=O)[O-])cc2[nH]1. The van der Waals surface area contributed by atoms with Crippen LogP contribution in [0.2, 0.25) is 0 Å². The van der Waals surface area contributed by atoms with Gasteiger partial charge in [-0.05, 0) is 18.2 Å². The molecule has 1 heterocycles. The van der Waals surface area contributed by atoms with Gasteiger partial charge >= 0.3 is 6.03 Å². The molecule has 0 saturated heterocycles. The minimum absolute atomic E-state index is 0.0450. The Bertz CT molecular complexity index is 844. The normalized spacial score (nSPS) is 10.4. The molecule has 0 atom stereocenters. The molecule has 0 bridgehead atoms. The van der Waals surface area contributed by atoms with Crippen molar-refractivity contribution < 1.29 is 9.72 Å². The Morgan fingerprint density at radius 3 is 2.64 bits per heavy atom. The summed E-state index contributed by atoms with van der Waals surface area (Å²) >= 11 is 0. The van der Waals surface area contributed by atoms with Crippen molar-refractivity contribution in [2.24, 2.45) is 0 Å². The van der Waals surface area contributed by atoms with Crippen molar-refractivity contribution in [3.05, 3.63) is 58.6 Å². The Labute approximate surface area is 124 Å². The van der Waals surface area contributed by atoms with Crippen LogP contribution in [0.3, 0.4) is 0 Å². The van der Waals surface area contributed by atoms with E-state index in [9.17, 15) is 14.9 Å². The Morgan fingerprint density at radius 1 is 1.14 bits per heavy atom. The summed E-state index contributed by atoms with van der Waals surface area (Å²) in [5.74, 6) is 0.212. The highest BCUT2D eigenvalue weighted by atomic mass is 16.6. The molecule has 0 aliphatic heterocycles. The number of fused-ring (bicyclic) bond motifs is 1. The van der Waals surface area contributed by atoms with Gasteiger partial charge in [-0.25, -0.2) is 9.78 Å². The van der Waals surface area contributed by atoms with E-state index >= 15 is 0 Å². The van der Waals surface area contributed by atoms with Crippen molar-refractivity contribution in [3.8, 4) is 0 Å². The fourth-order valence-electron chi connectivity index (χ4n) is 1.96. The number of nitro benzene ring substituents is 1. The van der Waals surface area contributed by atoms with E-state index in [1.807, 2.05) is 6.07 Å². The van der Waals surface area contributed by atoms with Crippen LogP contribution in [0.4, 0.5) is 22.1 Å². The van der Waals surface area contributed by atoms with Crippen LogP contribution in [0.1, 0.15) is 0 Å². The van der Waals surface area contributed by atoms with Crippen molar-refractivity contribution in [2.45, 2.75) is 0 Å². The Morgan fingerprint density at radius 2 is 1.91 bits per heavy atom. The Kier molecular flexibility index (Phi) is 3.40. The fourth-order valence-corrected chi connectivity index (χ4v) is 1.96. The monoisotopic (exact) mass is 297 g/mol. The van der Waals surface area contributed by atoms with E-state index in [0.717, 1.165) is 0 Å². The summed E-state index contributed by atoms with van der Waals surface area (Å²) in [7, 11) is 0. The van der Waals surface area contributed by atoms with Gasteiger partial charge in [0, 0.05) is 17.8 Å². The average molecular weight is 297 g/mol. The first kappa shape index (κ1) is 13.6. The van der Waals surface area contributed by atoms with Crippen molar-refractivity contribution in [3.63, 3.8) is 0 Å². The molecule has 3 aromatic rings. The number of carbonyl (C=O) groups is 1. The maximum Gasteiger partial charge on any atom is 0.326 e. The highest BCUT2D eigenvalue weighted by molar-refractivity contribution is 5.99. The van der Waals surface area contributed by atoms with E-state index in [1.165, 1.54) is 18.2 Å². The molecule has 2 amide bonds.